The molecule has 1 unspecified atom stereocenters. The predicted molar refractivity (Wildman–Crippen MR) is 72.8 cm³/mol. The molecule has 0 amide bonds. The molecule has 2 rings (SSSR count). The number of anilines is 1. The molecule has 106 valence electrons. The van der Waals surface area contributed by atoms with Crippen LogP contribution in [0.25, 0.3) is 0 Å². The lowest BCUT2D eigenvalue weighted by Gasteiger charge is -2.22. The third-order valence-corrected chi connectivity index (χ3v) is 3.34. The Balaban J connectivity index is 2.04. The number of hydrogen-bond acceptors (Lipinski definition) is 4. The van der Waals surface area contributed by atoms with E-state index < -0.39 is 0 Å². The summed E-state index contributed by atoms with van der Waals surface area (Å²) in [5.74, 6) is -0.230. The molecule has 0 aromatic heterocycles. The maximum absolute atomic E-state index is 13.4. The van der Waals surface area contributed by atoms with Crippen LogP contribution < -0.4 is 10.2 Å². The van der Waals surface area contributed by atoms with Crippen molar-refractivity contribution in [2.75, 3.05) is 38.3 Å². The summed E-state index contributed by atoms with van der Waals surface area (Å²) in [6.45, 7) is 3.40. The minimum absolute atomic E-state index is 0.230. The van der Waals surface area contributed by atoms with Crippen molar-refractivity contribution in [1.29, 1.82) is 0 Å². The first-order chi connectivity index (χ1) is 9.20. The number of rotatable bonds is 6. The van der Waals surface area contributed by atoms with Crippen LogP contribution in [-0.2, 0) is 11.3 Å². The van der Waals surface area contributed by atoms with E-state index in [1.165, 1.54) is 6.07 Å². The standard InChI is InChI=1S/C14H21FN2O2/c1-19-7-5-16-9-11-8-12(15)2-3-14(11)17-6-4-13(18)10-17/h2-3,8,13,16,18H,4-7,9-10H2,1H3. The molecule has 0 saturated carbocycles. The molecule has 0 spiro atoms. The predicted octanol–water partition coefficient (Wildman–Crippen LogP) is 1.13. The lowest BCUT2D eigenvalue weighted by Crippen LogP contribution is -2.25. The van der Waals surface area contributed by atoms with Crippen LogP contribution in [-0.4, -0.2) is 44.6 Å². The molecule has 5 heteroatoms. The van der Waals surface area contributed by atoms with E-state index in [0.717, 1.165) is 30.8 Å². The van der Waals surface area contributed by atoms with E-state index in [4.69, 9.17) is 4.74 Å². The highest BCUT2D eigenvalue weighted by atomic mass is 19.1. The third kappa shape index (κ3) is 3.89. The van der Waals surface area contributed by atoms with Gasteiger partial charge in [0.1, 0.15) is 5.82 Å². The SMILES string of the molecule is COCCNCc1cc(F)ccc1N1CCC(O)C1. The van der Waals surface area contributed by atoms with Gasteiger partial charge in [-0.25, -0.2) is 4.39 Å². The van der Waals surface area contributed by atoms with E-state index in [2.05, 4.69) is 10.2 Å². The van der Waals surface area contributed by atoms with Crippen molar-refractivity contribution in [3.8, 4) is 0 Å². The number of hydrogen-bond donors (Lipinski definition) is 2. The zero-order chi connectivity index (χ0) is 13.7. The summed E-state index contributed by atoms with van der Waals surface area (Å²) in [4.78, 5) is 2.11. The van der Waals surface area contributed by atoms with E-state index in [1.807, 2.05) is 0 Å². The summed E-state index contributed by atoms with van der Waals surface area (Å²) >= 11 is 0. The van der Waals surface area contributed by atoms with Gasteiger partial charge in [-0.2, -0.15) is 0 Å². The van der Waals surface area contributed by atoms with Crippen molar-refractivity contribution in [2.45, 2.75) is 19.1 Å². The number of methoxy groups -OCH3 is 1. The Morgan fingerprint density at radius 3 is 3.05 bits per heavy atom. The molecule has 2 N–H and O–H groups in total. The van der Waals surface area contributed by atoms with Gasteiger partial charge in [-0.15, -0.1) is 0 Å². The van der Waals surface area contributed by atoms with Crippen molar-refractivity contribution in [3.63, 3.8) is 0 Å². The minimum atomic E-state index is -0.278. The highest BCUT2D eigenvalue weighted by molar-refractivity contribution is 5.54. The quantitative estimate of drug-likeness (QED) is 0.759. The Morgan fingerprint density at radius 1 is 1.53 bits per heavy atom. The molecule has 0 aliphatic carbocycles. The van der Waals surface area contributed by atoms with E-state index in [9.17, 15) is 9.50 Å². The number of halogens is 1. The molecule has 1 atom stereocenters. The molecule has 1 saturated heterocycles. The monoisotopic (exact) mass is 268 g/mol. The second-order valence-corrected chi connectivity index (χ2v) is 4.83. The van der Waals surface area contributed by atoms with Gasteiger partial charge in [0, 0.05) is 39.0 Å². The molecule has 4 nitrogen and oxygen atoms in total. The van der Waals surface area contributed by atoms with Gasteiger partial charge < -0.3 is 20.1 Å². The van der Waals surface area contributed by atoms with Crippen molar-refractivity contribution < 1.29 is 14.2 Å². The highest BCUT2D eigenvalue weighted by Crippen LogP contribution is 2.25. The second kappa shape index (κ2) is 6.84. The molecule has 1 aromatic rings. The first-order valence-electron chi connectivity index (χ1n) is 6.62. The maximum atomic E-state index is 13.4. The summed E-state index contributed by atoms with van der Waals surface area (Å²) in [6, 6.07) is 4.82. The lowest BCUT2D eigenvalue weighted by molar-refractivity contribution is 0.198. The number of aliphatic hydroxyl groups is 1. The van der Waals surface area contributed by atoms with Crippen LogP contribution in [0.4, 0.5) is 10.1 Å². The van der Waals surface area contributed by atoms with Gasteiger partial charge in [0.2, 0.25) is 0 Å². The Bertz CT molecular complexity index is 414. The Morgan fingerprint density at radius 2 is 2.37 bits per heavy atom. The van der Waals surface area contributed by atoms with Crippen LogP contribution in [0.3, 0.4) is 0 Å². The van der Waals surface area contributed by atoms with Crippen LogP contribution >= 0.6 is 0 Å². The molecule has 1 aromatic carbocycles. The van der Waals surface area contributed by atoms with Gasteiger partial charge in [0.25, 0.3) is 0 Å². The Kier molecular flexibility index (Phi) is 5.13. The van der Waals surface area contributed by atoms with Crippen LogP contribution in [0.15, 0.2) is 18.2 Å². The van der Waals surface area contributed by atoms with Crippen molar-refractivity contribution in [2.24, 2.45) is 0 Å². The third-order valence-electron chi connectivity index (χ3n) is 3.34. The Hall–Kier alpha value is -1.17. The number of β-amino-alcohol motifs (C(OH)–C–C–N with tert-alkyl or cyclic N) is 1. The first kappa shape index (κ1) is 14.2. The highest BCUT2D eigenvalue weighted by Gasteiger charge is 2.22. The average molecular weight is 268 g/mol. The molecular formula is C14H21FN2O2. The van der Waals surface area contributed by atoms with E-state index in [1.54, 1.807) is 19.2 Å². The Labute approximate surface area is 113 Å². The van der Waals surface area contributed by atoms with Crippen LogP contribution in [0.2, 0.25) is 0 Å². The van der Waals surface area contributed by atoms with Crippen LogP contribution in [0, 0.1) is 5.82 Å². The number of nitrogens with zero attached hydrogens (tertiary/aromatic N) is 1. The zero-order valence-corrected chi connectivity index (χ0v) is 11.2. The van der Waals surface area contributed by atoms with Gasteiger partial charge in [-0.1, -0.05) is 0 Å². The van der Waals surface area contributed by atoms with E-state index in [-0.39, 0.29) is 11.9 Å². The fraction of sp³-hybridized carbons (Fsp3) is 0.571. The van der Waals surface area contributed by atoms with Crippen LogP contribution in [0.1, 0.15) is 12.0 Å². The van der Waals surface area contributed by atoms with E-state index in [0.29, 0.717) is 19.7 Å². The zero-order valence-electron chi connectivity index (χ0n) is 11.2. The molecule has 19 heavy (non-hydrogen) atoms. The fourth-order valence-corrected chi connectivity index (χ4v) is 2.36. The number of nitrogens with one attached hydrogen (secondary N) is 1. The maximum Gasteiger partial charge on any atom is 0.123 e. The normalized spacial score (nSPS) is 19.1. The average Bonchev–Trinajstić information content (AvgIpc) is 2.81. The van der Waals surface area contributed by atoms with Gasteiger partial charge in [-0.3, -0.25) is 0 Å². The molecule has 1 heterocycles. The summed E-state index contributed by atoms with van der Waals surface area (Å²) in [7, 11) is 1.65. The lowest BCUT2D eigenvalue weighted by atomic mass is 10.1. The van der Waals surface area contributed by atoms with Crippen molar-refractivity contribution >= 4 is 5.69 Å². The fourth-order valence-electron chi connectivity index (χ4n) is 2.36. The minimum Gasteiger partial charge on any atom is -0.391 e. The number of aliphatic hydroxyl groups excluding tert-OH is 1. The van der Waals surface area contributed by atoms with Gasteiger partial charge >= 0.3 is 0 Å². The number of benzene rings is 1. The van der Waals surface area contributed by atoms with Gasteiger partial charge in [-0.05, 0) is 30.2 Å². The first-order valence-corrected chi connectivity index (χ1v) is 6.62. The molecule has 1 aliphatic rings. The summed E-state index contributed by atoms with van der Waals surface area (Å²) in [6.07, 6.45) is 0.493. The number of ether oxygens (including phenoxy) is 1. The van der Waals surface area contributed by atoms with Crippen molar-refractivity contribution in [1.82, 2.24) is 5.32 Å². The molecular weight excluding hydrogens is 247 g/mol. The van der Waals surface area contributed by atoms with Crippen LogP contribution in [0.5, 0.6) is 0 Å². The summed E-state index contributed by atoms with van der Waals surface area (Å²) in [5.41, 5.74) is 1.92. The molecule has 1 fully saturated rings. The smallest absolute Gasteiger partial charge is 0.123 e. The largest absolute Gasteiger partial charge is 0.391 e. The molecule has 0 radical (unpaired) electrons. The van der Waals surface area contributed by atoms with Gasteiger partial charge in [0.15, 0.2) is 0 Å². The van der Waals surface area contributed by atoms with Gasteiger partial charge in [0.05, 0.1) is 12.7 Å². The van der Waals surface area contributed by atoms with Crippen molar-refractivity contribution in [3.05, 3.63) is 29.6 Å². The molecule has 0 bridgehead atoms. The molecule has 1 aliphatic heterocycles. The second-order valence-electron chi connectivity index (χ2n) is 4.83. The topological polar surface area (TPSA) is 44.7 Å². The van der Waals surface area contributed by atoms with E-state index >= 15 is 0 Å². The summed E-state index contributed by atoms with van der Waals surface area (Å²) < 4.78 is 18.3. The summed E-state index contributed by atoms with van der Waals surface area (Å²) in [5, 5.41) is 12.8.